The molecule has 0 unspecified atom stereocenters. The summed E-state index contributed by atoms with van der Waals surface area (Å²) in [6, 6.07) is 18.5. The highest BCUT2D eigenvalue weighted by Crippen LogP contribution is 2.31. The van der Waals surface area contributed by atoms with Gasteiger partial charge in [0.1, 0.15) is 0 Å². The first kappa shape index (κ1) is 20.9. The number of nitrogens with one attached hydrogen (secondary N) is 1. The summed E-state index contributed by atoms with van der Waals surface area (Å²) in [5.41, 5.74) is 3.01. The van der Waals surface area contributed by atoms with Crippen molar-refractivity contribution in [3.05, 3.63) is 98.0 Å². The van der Waals surface area contributed by atoms with Crippen molar-refractivity contribution in [1.29, 1.82) is 0 Å². The molecule has 0 atom stereocenters. The second kappa shape index (κ2) is 9.56. The molecule has 0 radical (unpaired) electrons. The van der Waals surface area contributed by atoms with Gasteiger partial charge < -0.3 is 0 Å². The first-order chi connectivity index (χ1) is 13.9. The number of carbonyl (C=O) groups excluding carboxylic acids is 1. The highest BCUT2D eigenvalue weighted by molar-refractivity contribution is 7.99. The van der Waals surface area contributed by atoms with Gasteiger partial charge in [0.15, 0.2) is 0 Å². The van der Waals surface area contributed by atoms with Crippen molar-refractivity contribution < 1.29 is 9.72 Å². The Kier molecular flexibility index (Phi) is 6.87. The molecule has 0 saturated heterocycles. The molecule has 3 aromatic rings. The second-order valence-corrected chi connectivity index (χ2v) is 7.68. The zero-order chi connectivity index (χ0) is 20.8. The molecule has 0 aliphatic heterocycles. The van der Waals surface area contributed by atoms with Gasteiger partial charge in [0.05, 0.1) is 21.7 Å². The third-order valence-electron chi connectivity index (χ3n) is 3.72. The van der Waals surface area contributed by atoms with Gasteiger partial charge in [0.2, 0.25) is 0 Å². The number of amides is 1. The van der Waals surface area contributed by atoms with E-state index in [1.807, 2.05) is 30.3 Å². The summed E-state index contributed by atoms with van der Waals surface area (Å²) >= 11 is 13.3. The third kappa shape index (κ3) is 5.57. The number of hydrazone groups is 1. The number of nitrogens with zero attached hydrogens (tertiary/aromatic N) is 2. The van der Waals surface area contributed by atoms with Crippen LogP contribution in [0.3, 0.4) is 0 Å². The first-order valence-electron chi connectivity index (χ1n) is 8.24. The summed E-state index contributed by atoms with van der Waals surface area (Å²) in [5.74, 6) is -0.523. The van der Waals surface area contributed by atoms with Crippen molar-refractivity contribution in [2.45, 2.75) is 9.79 Å². The van der Waals surface area contributed by atoms with Crippen LogP contribution in [0.4, 0.5) is 5.69 Å². The van der Waals surface area contributed by atoms with Gasteiger partial charge in [-0.25, -0.2) is 5.43 Å². The van der Waals surface area contributed by atoms with E-state index in [1.54, 1.807) is 12.1 Å². The van der Waals surface area contributed by atoms with Crippen molar-refractivity contribution in [2.24, 2.45) is 5.10 Å². The van der Waals surface area contributed by atoms with Gasteiger partial charge in [-0.15, -0.1) is 0 Å². The number of nitro groups is 1. The lowest BCUT2D eigenvalue weighted by atomic mass is 10.2. The van der Waals surface area contributed by atoms with E-state index < -0.39 is 10.8 Å². The number of carbonyl (C=O) groups is 1. The standard InChI is InChI=1S/C20H13Cl2N3O3S/c21-14-6-8-17(18(22)11-14)20(26)24-23-12-13-10-15(25(27)28)7-9-19(13)29-16-4-2-1-3-5-16/h1-12H,(H,24,26)/b23-12+. The molecule has 9 heteroatoms. The maximum atomic E-state index is 12.3. The summed E-state index contributed by atoms with van der Waals surface area (Å²) < 4.78 is 0. The predicted molar refractivity (Wildman–Crippen MR) is 115 cm³/mol. The summed E-state index contributed by atoms with van der Waals surface area (Å²) in [5, 5.41) is 15.7. The number of halogens is 2. The van der Waals surface area contributed by atoms with Gasteiger partial charge in [-0.1, -0.05) is 53.2 Å². The molecule has 0 aliphatic carbocycles. The van der Waals surface area contributed by atoms with Crippen LogP contribution < -0.4 is 5.43 Å². The van der Waals surface area contributed by atoms with Crippen molar-refractivity contribution in [2.75, 3.05) is 0 Å². The fourth-order valence-corrected chi connectivity index (χ4v) is 3.76. The highest BCUT2D eigenvalue weighted by atomic mass is 35.5. The zero-order valence-corrected chi connectivity index (χ0v) is 17.0. The van der Waals surface area contributed by atoms with Gasteiger partial charge in [0, 0.05) is 32.5 Å². The predicted octanol–water partition coefficient (Wildman–Crippen LogP) is 5.82. The number of non-ortho nitro benzene ring substituents is 1. The first-order valence-corrected chi connectivity index (χ1v) is 9.81. The topological polar surface area (TPSA) is 84.6 Å². The zero-order valence-electron chi connectivity index (χ0n) is 14.7. The van der Waals surface area contributed by atoms with Gasteiger partial charge in [0.25, 0.3) is 11.6 Å². The van der Waals surface area contributed by atoms with E-state index in [1.165, 1.54) is 42.2 Å². The number of nitro benzene ring substituents is 1. The molecule has 0 fully saturated rings. The van der Waals surface area contributed by atoms with Crippen LogP contribution in [0, 0.1) is 10.1 Å². The summed E-state index contributed by atoms with van der Waals surface area (Å²) in [4.78, 5) is 24.6. The Morgan fingerprint density at radius 3 is 2.52 bits per heavy atom. The van der Waals surface area contributed by atoms with Crippen LogP contribution in [-0.2, 0) is 0 Å². The molecule has 6 nitrogen and oxygen atoms in total. The highest BCUT2D eigenvalue weighted by Gasteiger charge is 2.12. The van der Waals surface area contributed by atoms with Crippen LogP contribution in [0.25, 0.3) is 0 Å². The minimum Gasteiger partial charge on any atom is -0.267 e. The normalized spacial score (nSPS) is 10.8. The monoisotopic (exact) mass is 445 g/mol. The second-order valence-electron chi connectivity index (χ2n) is 5.72. The van der Waals surface area contributed by atoms with Crippen LogP contribution >= 0.6 is 35.0 Å². The number of benzene rings is 3. The molecule has 0 aliphatic rings. The van der Waals surface area contributed by atoms with E-state index in [-0.39, 0.29) is 16.3 Å². The molecule has 0 heterocycles. The summed E-state index contributed by atoms with van der Waals surface area (Å²) in [7, 11) is 0. The molecule has 1 amide bonds. The quantitative estimate of drug-likeness (QED) is 0.294. The minimum absolute atomic E-state index is 0.0732. The minimum atomic E-state index is -0.523. The summed E-state index contributed by atoms with van der Waals surface area (Å²) in [6.07, 6.45) is 1.36. The van der Waals surface area contributed by atoms with Crippen molar-refractivity contribution >= 4 is 52.8 Å². The van der Waals surface area contributed by atoms with Gasteiger partial charge in [-0.05, 0) is 36.4 Å². The number of rotatable bonds is 6. The van der Waals surface area contributed by atoms with E-state index in [0.717, 1.165) is 9.79 Å². The van der Waals surface area contributed by atoms with Crippen molar-refractivity contribution in [3.63, 3.8) is 0 Å². The van der Waals surface area contributed by atoms with E-state index in [2.05, 4.69) is 10.5 Å². The molecule has 0 spiro atoms. The summed E-state index contributed by atoms with van der Waals surface area (Å²) in [6.45, 7) is 0. The Morgan fingerprint density at radius 1 is 1.07 bits per heavy atom. The van der Waals surface area contributed by atoms with Gasteiger partial charge >= 0.3 is 0 Å². The van der Waals surface area contributed by atoms with Gasteiger partial charge in [-0.3, -0.25) is 14.9 Å². The SMILES string of the molecule is O=C(N/N=C/c1cc([N+](=O)[O-])ccc1Sc1ccccc1)c1ccc(Cl)cc1Cl. The lowest BCUT2D eigenvalue weighted by Crippen LogP contribution is -2.18. The molecule has 0 aromatic heterocycles. The fraction of sp³-hybridized carbons (Fsp3) is 0. The van der Waals surface area contributed by atoms with E-state index in [0.29, 0.717) is 10.6 Å². The van der Waals surface area contributed by atoms with E-state index in [9.17, 15) is 14.9 Å². The maximum Gasteiger partial charge on any atom is 0.272 e. The average molecular weight is 446 g/mol. The van der Waals surface area contributed by atoms with Crippen LogP contribution in [0.1, 0.15) is 15.9 Å². The van der Waals surface area contributed by atoms with Crippen LogP contribution in [-0.4, -0.2) is 17.0 Å². The van der Waals surface area contributed by atoms with Crippen molar-refractivity contribution in [1.82, 2.24) is 5.43 Å². The maximum absolute atomic E-state index is 12.3. The lowest BCUT2D eigenvalue weighted by molar-refractivity contribution is -0.384. The number of hydrogen-bond acceptors (Lipinski definition) is 5. The molecule has 0 bridgehead atoms. The molecule has 3 aromatic carbocycles. The molecular formula is C20H13Cl2N3O3S. The Morgan fingerprint density at radius 2 is 1.83 bits per heavy atom. The Bertz CT molecular complexity index is 1090. The van der Waals surface area contributed by atoms with Gasteiger partial charge in [-0.2, -0.15) is 5.10 Å². The van der Waals surface area contributed by atoms with E-state index in [4.69, 9.17) is 23.2 Å². The molecule has 146 valence electrons. The third-order valence-corrected chi connectivity index (χ3v) is 5.37. The van der Waals surface area contributed by atoms with Crippen LogP contribution in [0.5, 0.6) is 0 Å². The van der Waals surface area contributed by atoms with Crippen molar-refractivity contribution in [3.8, 4) is 0 Å². The Balaban J connectivity index is 1.82. The molecule has 3 rings (SSSR count). The smallest absolute Gasteiger partial charge is 0.267 e. The Labute approximate surface area is 180 Å². The van der Waals surface area contributed by atoms with Crippen LogP contribution in [0.15, 0.2) is 81.6 Å². The number of hydrogen-bond donors (Lipinski definition) is 1. The van der Waals surface area contributed by atoms with E-state index >= 15 is 0 Å². The largest absolute Gasteiger partial charge is 0.272 e. The Hall–Kier alpha value is -2.87. The molecular weight excluding hydrogens is 433 g/mol. The lowest BCUT2D eigenvalue weighted by Gasteiger charge is -2.06. The molecule has 1 N–H and O–H groups in total. The average Bonchev–Trinajstić information content (AvgIpc) is 2.69. The molecule has 29 heavy (non-hydrogen) atoms. The van der Waals surface area contributed by atoms with Crippen LogP contribution in [0.2, 0.25) is 10.0 Å². The fourth-order valence-electron chi connectivity index (χ4n) is 2.35. The molecule has 0 saturated carbocycles.